The zero-order chi connectivity index (χ0) is 46.9. The van der Waals surface area contributed by atoms with Gasteiger partial charge in [0.15, 0.2) is 6.10 Å². The summed E-state index contributed by atoms with van der Waals surface area (Å²) in [5, 5.41) is 3.06. The monoisotopic (exact) mass is 929 g/mol. The lowest BCUT2D eigenvalue weighted by molar-refractivity contribution is -0.129. The molecule has 8 aromatic rings. The van der Waals surface area contributed by atoms with Crippen molar-refractivity contribution in [1.82, 2.24) is 10.2 Å². The quantitative estimate of drug-likeness (QED) is 0.0882. The van der Waals surface area contributed by atoms with Gasteiger partial charge in [-0.2, -0.15) is 0 Å². The lowest BCUT2D eigenvalue weighted by Gasteiger charge is -2.38. The van der Waals surface area contributed by atoms with Gasteiger partial charge in [0, 0.05) is 29.7 Å². The second-order valence-corrected chi connectivity index (χ2v) is 19.2. The smallest absolute Gasteiger partial charge is 0.411 e. The zero-order valence-electron chi connectivity index (χ0n) is 37.6. The molecule has 0 saturated heterocycles. The van der Waals surface area contributed by atoms with Crippen molar-refractivity contribution in [2.75, 3.05) is 18.6 Å². The molecule has 0 radical (unpaired) electrons. The molecular weight excluding hydrogens is 879 g/mol. The van der Waals surface area contributed by atoms with Crippen molar-refractivity contribution in [3.63, 3.8) is 0 Å². The average molecular weight is 930 g/mol. The van der Waals surface area contributed by atoms with Gasteiger partial charge in [0.1, 0.15) is 12.1 Å². The van der Waals surface area contributed by atoms with Crippen molar-refractivity contribution in [3.05, 3.63) is 275 Å². The standard InChI is InChI=1S/C59H51N3O4S2/c1-62(57(65)66-54-50-38-22-20-36-48(50)49-37-21-23-39-51(49)54)53(41-68-59(45-30-14-5-15-31-45,46-32-16-6-17-33-46)47-34-18-7-19-35-47)56(64)61-52(55(60)63)40-67-58(42-24-8-2-9-25-42,43-26-10-3-11-27-43)44-28-12-4-13-29-44/h2-39,52-54H,40-41H2,1H3,(H2,60,63)(H,61,64)/t52-,53-/m0/s1. The summed E-state index contributed by atoms with van der Waals surface area (Å²) in [7, 11) is 1.59. The summed E-state index contributed by atoms with van der Waals surface area (Å²) in [5.41, 5.74) is 16.0. The summed E-state index contributed by atoms with van der Waals surface area (Å²) < 4.78 is 4.83. The molecule has 0 saturated carbocycles. The topological polar surface area (TPSA) is 102 Å². The number of nitrogens with one attached hydrogen (secondary N) is 1. The highest BCUT2D eigenvalue weighted by molar-refractivity contribution is 8.01. The number of carbonyl (C=O) groups excluding carboxylic acids is 3. The Labute approximate surface area is 406 Å². The van der Waals surface area contributed by atoms with Crippen LogP contribution in [0.4, 0.5) is 4.79 Å². The van der Waals surface area contributed by atoms with Crippen molar-refractivity contribution in [1.29, 1.82) is 0 Å². The maximum absolute atomic E-state index is 15.3. The Kier molecular flexibility index (Phi) is 13.9. The average Bonchev–Trinajstić information content (AvgIpc) is 3.71. The lowest BCUT2D eigenvalue weighted by Crippen LogP contribution is -2.55. The fourth-order valence-electron chi connectivity index (χ4n) is 9.32. The molecule has 9 heteroatoms. The summed E-state index contributed by atoms with van der Waals surface area (Å²) in [6.07, 6.45) is -1.38. The van der Waals surface area contributed by atoms with E-state index < -0.39 is 45.6 Å². The maximum Gasteiger partial charge on any atom is 0.411 e. The van der Waals surface area contributed by atoms with Crippen molar-refractivity contribution in [3.8, 4) is 11.1 Å². The highest BCUT2D eigenvalue weighted by Gasteiger charge is 2.43. The van der Waals surface area contributed by atoms with Gasteiger partial charge in [0.05, 0.1) is 9.49 Å². The summed E-state index contributed by atoms with van der Waals surface area (Å²) in [5.74, 6) is -1.02. The fraction of sp³-hybridized carbons (Fsp3) is 0.136. The lowest BCUT2D eigenvalue weighted by atomic mass is 9.84. The van der Waals surface area contributed by atoms with Crippen LogP contribution in [0.25, 0.3) is 11.1 Å². The molecule has 3 N–H and O–H groups in total. The van der Waals surface area contributed by atoms with Crippen molar-refractivity contribution in [2.45, 2.75) is 27.7 Å². The maximum atomic E-state index is 15.3. The van der Waals surface area contributed by atoms with E-state index in [1.165, 1.54) is 16.7 Å². The summed E-state index contributed by atoms with van der Waals surface area (Å²) in [6, 6.07) is 74.6. The number of hydrogen-bond acceptors (Lipinski definition) is 6. The minimum Gasteiger partial charge on any atom is -0.436 e. The van der Waals surface area contributed by atoms with Gasteiger partial charge in [0.25, 0.3) is 0 Å². The number of thioether (sulfide) groups is 2. The Morgan fingerprint density at radius 2 is 0.809 bits per heavy atom. The predicted octanol–water partition coefficient (Wildman–Crippen LogP) is 11.6. The van der Waals surface area contributed by atoms with Gasteiger partial charge in [0.2, 0.25) is 11.8 Å². The SMILES string of the molecule is CN(C(=O)OC1c2ccccc2-c2ccccc21)[C@@H](CSC(c1ccccc1)(c1ccccc1)c1ccccc1)C(=O)N[C@@H](CSC(c1ccccc1)(c1ccccc1)c1ccccc1)C(N)=O. The third-order valence-corrected chi connectivity index (χ3v) is 16.0. The fourth-order valence-corrected chi connectivity index (χ4v) is 12.6. The molecule has 0 fully saturated rings. The number of amides is 3. The number of primary amides is 1. The molecule has 8 aromatic carbocycles. The first-order chi connectivity index (χ1) is 33.3. The molecule has 9 rings (SSSR count). The molecule has 3 amide bonds. The van der Waals surface area contributed by atoms with Crippen LogP contribution in [0, 0.1) is 0 Å². The van der Waals surface area contributed by atoms with E-state index in [1.807, 2.05) is 158 Å². The van der Waals surface area contributed by atoms with Gasteiger partial charge in [-0.3, -0.25) is 14.5 Å². The number of nitrogens with zero attached hydrogens (tertiary/aromatic N) is 1. The molecule has 0 spiro atoms. The zero-order valence-corrected chi connectivity index (χ0v) is 39.2. The molecule has 0 heterocycles. The third kappa shape index (κ3) is 9.07. The first kappa shape index (κ1) is 45.8. The van der Waals surface area contributed by atoms with E-state index in [1.54, 1.807) is 18.8 Å². The van der Waals surface area contributed by atoms with Crippen LogP contribution in [0.15, 0.2) is 231 Å². The number of likely N-dealkylation sites (N-methyl/N-ethyl adjacent to an activating group) is 1. The Morgan fingerprint density at radius 3 is 1.15 bits per heavy atom. The van der Waals surface area contributed by atoms with E-state index >= 15 is 4.79 Å². The van der Waals surface area contributed by atoms with E-state index in [0.717, 1.165) is 55.6 Å². The largest absolute Gasteiger partial charge is 0.436 e. The van der Waals surface area contributed by atoms with Crippen molar-refractivity contribution in [2.24, 2.45) is 5.73 Å². The number of ether oxygens (including phenoxy) is 1. The van der Waals surface area contributed by atoms with Crippen molar-refractivity contribution >= 4 is 41.4 Å². The number of benzene rings is 8. The second kappa shape index (κ2) is 20.7. The minimum atomic E-state index is -1.14. The highest BCUT2D eigenvalue weighted by Crippen LogP contribution is 2.51. The first-order valence-electron chi connectivity index (χ1n) is 22.6. The van der Waals surface area contributed by atoms with Gasteiger partial charge in [-0.25, -0.2) is 4.79 Å². The number of rotatable bonds is 17. The second-order valence-electron chi connectivity index (χ2n) is 16.7. The predicted molar refractivity (Wildman–Crippen MR) is 276 cm³/mol. The van der Waals surface area contributed by atoms with E-state index in [2.05, 4.69) is 78.1 Å². The van der Waals surface area contributed by atoms with E-state index in [-0.39, 0.29) is 11.5 Å². The molecule has 1 aliphatic rings. The Morgan fingerprint density at radius 1 is 0.500 bits per heavy atom. The van der Waals surface area contributed by atoms with Crippen LogP contribution in [0.3, 0.4) is 0 Å². The summed E-state index contributed by atoms with van der Waals surface area (Å²) in [6.45, 7) is 0. The van der Waals surface area contributed by atoms with Crippen LogP contribution in [-0.4, -0.2) is 53.4 Å². The van der Waals surface area contributed by atoms with Crippen LogP contribution in [0.2, 0.25) is 0 Å². The molecule has 0 bridgehead atoms. The molecule has 2 atom stereocenters. The number of nitrogens with two attached hydrogens (primary N) is 1. The summed E-state index contributed by atoms with van der Waals surface area (Å²) >= 11 is 3.07. The van der Waals surface area contributed by atoms with Crippen LogP contribution in [0.1, 0.15) is 50.6 Å². The molecule has 1 aliphatic carbocycles. The Bertz CT molecular complexity index is 2720. The molecule has 338 valence electrons. The number of hydrogen-bond donors (Lipinski definition) is 2. The number of carbonyl (C=O) groups is 3. The van der Waals surface area contributed by atoms with Gasteiger partial charge in [-0.15, -0.1) is 23.5 Å². The van der Waals surface area contributed by atoms with Crippen molar-refractivity contribution < 1.29 is 19.1 Å². The van der Waals surface area contributed by atoms with Crippen LogP contribution >= 0.6 is 23.5 Å². The van der Waals surface area contributed by atoms with E-state index in [4.69, 9.17) is 10.5 Å². The molecule has 0 unspecified atom stereocenters. The molecule has 0 aliphatic heterocycles. The first-order valence-corrected chi connectivity index (χ1v) is 24.6. The van der Waals surface area contributed by atoms with Crippen LogP contribution in [-0.2, 0) is 23.8 Å². The van der Waals surface area contributed by atoms with Gasteiger partial charge < -0.3 is 15.8 Å². The molecule has 68 heavy (non-hydrogen) atoms. The van der Waals surface area contributed by atoms with Gasteiger partial charge in [-0.05, 0) is 44.5 Å². The van der Waals surface area contributed by atoms with Gasteiger partial charge in [-0.1, -0.05) is 231 Å². The van der Waals surface area contributed by atoms with E-state index in [0.29, 0.717) is 0 Å². The Hall–Kier alpha value is -7.33. The molecular formula is C59H51N3O4S2. The van der Waals surface area contributed by atoms with Crippen LogP contribution in [0.5, 0.6) is 0 Å². The van der Waals surface area contributed by atoms with Gasteiger partial charge >= 0.3 is 6.09 Å². The molecule has 7 nitrogen and oxygen atoms in total. The van der Waals surface area contributed by atoms with E-state index in [9.17, 15) is 9.59 Å². The summed E-state index contributed by atoms with van der Waals surface area (Å²) in [4.78, 5) is 45.1. The number of fused-ring (bicyclic) bond motifs is 3. The normalized spacial score (nSPS) is 13.1. The minimum absolute atomic E-state index is 0.106. The van der Waals surface area contributed by atoms with Crippen LogP contribution < -0.4 is 11.1 Å². The highest BCUT2D eigenvalue weighted by atomic mass is 32.2. The Balaban J connectivity index is 1.09. The molecule has 0 aromatic heterocycles. The third-order valence-electron chi connectivity index (χ3n) is 12.7.